The van der Waals surface area contributed by atoms with Crippen LogP contribution in [0.5, 0.6) is 0 Å². The molecule has 0 radical (unpaired) electrons. The monoisotopic (exact) mass is 228 g/mol. The molecule has 0 saturated carbocycles. The predicted octanol–water partition coefficient (Wildman–Crippen LogP) is 1.73. The smallest absolute Gasteiger partial charge is 0.331 e. The van der Waals surface area contributed by atoms with Crippen LogP contribution in [0.3, 0.4) is 0 Å². The molecule has 0 unspecified atom stereocenters. The van der Waals surface area contributed by atoms with Crippen LogP contribution in [0.1, 0.15) is 33.6 Å². The van der Waals surface area contributed by atoms with Gasteiger partial charge in [0.1, 0.15) is 0 Å². The van der Waals surface area contributed by atoms with Gasteiger partial charge in [-0.05, 0) is 19.8 Å². The van der Waals surface area contributed by atoms with Gasteiger partial charge >= 0.3 is 17.9 Å². The molecule has 0 saturated heterocycles. The minimum Gasteiger partial charge on any atom is -0.463 e. The molecule has 1 heterocycles. The van der Waals surface area contributed by atoms with Crippen LogP contribution in [0.2, 0.25) is 0 Å². The highest BCUT2D eigenvalue weighted by molar-refractivity contribution is 6.00. The van der Waals surface area contributed by atoms with Gasteiger partial charge in [-0.15, -0.1) is 0 Å². The summed E-state index contributed by atoms with van der Waals surface area (Å²) in [5, 5.41) is 0. The summed E-state index contributed by atoms with van der Waals surface area (Å²) in [5.41, 5.74) is -1.21. The molecule has 5 heteroatoms. The van der Waals surface area contributed by atoms with Gasteiger partial charge in [-0.1, -0.05) is 13.8 Å². The molecule has 0 bridgehead atoms. The van der Waals surface area contributed by atoms with Crippen LogP contribution in [-0.4, -0.2) is 18.5 Å². The molecular weight excluding hydrogens is 212 g/mol. The Balaban J connectivity index is 2.96. The van der Waals surface area contributed by atoms with Gasteiger partial charge in [0.2, 0.25) is 0 Å². The highest BCUT2D eigenvalue weighted by Gasteiger charge is 2.48. The van der Waals surface area contributed by atoms with Gasteiger partial charge in [-0.2, -0.15) is 0 Å². The number of rotatable bonds is 4. The zero-order chi connectivity index (χ0) is 12.2. The molecule has 0 N–H and O–H groups in total. The van der Waals surface area contributed by atoms with Crippen molar-refractivity contribution in [2.24, 2.45) is 5.41 Å². The minimum absolute atomic E-state index is 0.0652. The molecule has 0 fully saturated rings. The molecule has 0 aromatic heterocycles. The first-order chi connectivity index (χ1) is 7.60. The van der Waals surface area contributed by atoms with Crippen molar-refractivity contribution in [3.8, 4) is 0 Å². The van der Waals surface area contributed by atoms with Crippen LogP contribution in [0.4, 0.5) is 0 Å². The summed E-state index contributed by atoms with van der Waals surface area (Å²) >= 11 is 0. The summed E-state index contributed by atoms with van der Waals surface area (Å²) in [6.45, 7) is 5.57. The van der Waals surface area contributed by atoms with Gasteiger partial charge in [-0.25, -0.2) is 0 Å². The Hall–Kier alpha value is -1.52. The van der Waals surface area contributed by atoms with Crippen LogP contribution >= 0.6 is 0 Å². The second kappa shape index (κ2) is 5.01. The summed E-state index contributed by atoms with van der Waals surface area (Å²) in [5.74, 6) is -1.26. The van der Waals surface area contributed by atoms with Gasteiger partial charge in [0.15, 0.2) is 11.7 Å². The fourth-order valence-corrected chi connectivity index (χ4v) is 1.54. The van der Waals surface area contributed by atoms with Crippen molar-refractivity contribution in [2.75, 3.05) is 6.61 Å². The third-order valence-corrected chi connectivity index (χ3v) is 2.73. The van der Waals surface area contributed by atoms with Crippen molar-refractivity contribution in [3.63, 3.8) is 0 Å². The van der Waals surface area contributed by atoms with E-state index in [-0.39, 0.29) is 5.95 Å². The first-order valence-electron chi connectivity index (χ1n) is 5.37. The van der Waals surface area contributed by atoms with Gasteiger partial charge in [0.25, 0.3) is 0 Å². The van der Waals surface area contributed by atoms with Crippen LogP contribution in [0.15, 0.2) is 12.2 Å². The van der Waals surface area contributed by atoms with E-state index in [0.717, 1.165) is 6.26 Å². The second-order valence-corrected chi connectivity index (χ2v) is 3.45. The lowest BCUT2D eigenvalue weighted by atomic mass is 9.82. The van der Waals surface area contributed by atoms with Gasteiger partial charge < -0.3 is 14.2 Å². The Morgan fingerprint density at radius 2 is 1.81 bits per heavy atom. The molecule has 0 spiro atoms. The number of hydrogen-bond acceptors (Lipinski definition) is 5. The van der Waals surface area contributed by atoms with Gasteiger partial charge in [0.05, 0.1) is 6.61 Å². The Morgan fingerprint density at radius 1 is 1.19 bits per heavy atom. The van der Waals surface area contributed by atoms with Crippen LogP contribution < -0.4 is 0 Å². The third kappa shape index (κ3) is 2.03. The average Bonchev–Trinajstić information content (AvgIpc) is 2.38. The maximum atomic E-state index is 11.9. The summed E-state index contributed by atoms with van der Waals surface area (Å²) in [7, 11) is 0. The third-order valence-electron chi connectivity index (χ3n) is 2.73. The molecular formula is C11H16O5. The SMILES string of the molecule is CCOC1=COC(=O)C(CC)(CC)C(=O)O1. The molecule has 0 amide bonds. The number of hydrogen-bond donors (Lipinski definition) is 0. The van der Waals surface area contributed by atoms with Crippen LogP contribution in [0, 0.1) is 5.41 Å². The summed E-state index contributed by atoms with van der Waals surface area (Å²) < 4.78 is 14.8. The average molecular weight is 228 g/mol. The molecule has 0 aromatic carbocycles. The Bertz CT molecular complexity index is 314. The summed E-state index contributed by atoms with van der Waals surface area (Å²) in [4.78, 5) is 23.6. The molecule has 0 atom stereocenters. The number of cyclic esters (lactones) is 2. The molecule has 90 valence electrons. The van der Waals surface area contributed by atoms with Crippen LogP contribution in [-0.2, 0) is 23.8 Å². The predicted molar refractivity (Wildman–Crippen MR) is 54.9 cm³/mol. The van der Waals surface area contributed by atoms with E-state index in [9.17, 15) is 9.59 Å². The van der Waals surface area contributed by atoms with Crippen molar-refractivity contribution in [3.05, 3.63) is 12.2 Å². The van der Waals surface area contributed by atoms with Crippen molar-refractivity contribution in [1.29, 1.82) is 0 Å². The zero-order valence-corrected chi connectivity index (χ0v) is 9.74. The number of carbonyl (C=O) groups is 2. The lowest BCUT2D eigenvalue weighted by Gasteiger charge is -2.23. The molecule has 1 aliphatic rings. The lowest BCUT2D eigenvalue weighted by Crippen LogP contribution is -2.39. The number of carbonyl (C=O) groups excluding carboxylic acids is 2. The van der Waals surface area contributed by atoms with E-state index in [1.165, 1.54) is 0 Å². The molecule has 0 aromatic rings. The highest BCUT2D eigenvalue weighted by atomic mass is 16.7. The maximum Gasteiger partial charge on any atom is 0.331 e. The van der Waals surface area contributed by atoms with Crippen molar-refractivity contribution in [2.45, 2.75) is 33.6 Å². The fourth-order valence-electron chi connectivity index (χ4n) is 1.54. The van der Waals surface area contributed by atoms with Crippen molar-refractivity contribution in [1.82, 2.24) is 0 Å². The number of esters is 2. The highest BCUT2D eigenvalue weighted by Crippen LogP contribution is 2.33. The van der Waals surface area contributed by atoms with E-state index in [2.05, 4.69) is 0 Å². The molecule has 16 heavy (non-hydrogen) atoms. The summed E-state index contributed by atoms with van der Waals surface area (Å²) in [6, 6.07) is 0. The summed E-state index contributed by atoms with van der Waals surface area (Å²) in [6.07, 6.45) is 1.72. The fraction of sp³-hybridized carbons (Fsp3) is 0.636. The van der Waals surface area contributed by atoms with E-state index in [1.54, 1.807) is 20.8 Å². The minimum atomic E-state index is -1.21. The van der Waals surface area contributed by atoms with Crippen LogP contribution in [0.25, 0.3) is 0 Å². The molecule has 1 rings (SSSR count). The van der Waals surface area contributed by atoms with Crippen molar-refractivity contribution < 1.29 is 23.8 Å². The molecule has 5 nitrogen and oxygen atoms in total. The Morgan fingerprint density at radius 3 is 2.31 bits per heavy atom. The number of ether oxygens (including phenoxy) is 3. The second-order valence-electron chi connectivity index (χ2n) is 3.45. The van der Waals surface area contributed by atoms with E-state index in [1.807, 2.05) is 0 Å². The Kier molecular flexibility index (Phi) is 3.93. The zero-order valence-electron chi connectivity index (χ0n) is 9.74. The molecule has 1 aliphatic heterocycles. The van der Waals surface area contributed by atoms with Gasteiger partial charge in [0, 0.05) is 0 Å². The topological polar surface area (TPSA) is 61.8 Å². The quantitative estimate of drug-likeness (QED) is 0.541. The van der Waals surface area contributed by atoms with E-state index in [4.69, 9.17) is 14.2 Å². The normalized spacial score (nSPS) is 19.3. The van der Waals surface area contributed by atoms with E-state index >= 15 is 0 Å². The largest absolute Gasteiger partial charge is 0.463 e. The van der Waals surface area contributed by atoms with Gasteiger partial charge in [-0.3, -0.25) is 9.59 Å². The maximum absolute atomic E-state index is 11.9. The van der Waals surface area contributed by atoms with E-state index in [0.29, 0.717) is 19.4 Å². The molecule has 0 aliphatic carbocycles. The first-order valence-corrected chi connectivity index (χ1v) is 5.37. The van der Waals surface area contributed by atoms with E-state index < -0.39 is 17.4 Å². The first kappa shape index (κ1) is 12.5. The van der Waals surface area contributed by atoms with Crippen molar-refractivity contribution >= 4 is 11.9 Å². The lowest BCUT2D eigenvalue weighted by molar-refractivity contribution is -0.166. The Labute approximate surface area is 94.4 Å². The standard InChI is InChI=1S/C11H16O5/c1-4-11(5-2)9(12)15-7-8(14-6-3)16-10(11)13/h7H,4-6H2,1-3H3.